The zero-order valence-corrected chi connectivity index (χ0v) is 20.7. The summed E-state index contributed by atoms with van der Waals surface area (Å²) >= 11 is 6.00. The normalized spacial score (nSPS) is 12.0. The van der Waals surface area contributed by atoms with Crippen molar-refractivity contribution < 1.29 is 27.8 Å². The van der Waals surface area contributed by atoms with Gasteiger partial charge >= 0.3 is 12.3 Å². The number of aliphatic hydroxyl groups is 1. The molecule has 1 aromatic heterocycles. The Morgan fingerprint density at radius 1 is 1.09 bits per heavy atom. The number of halogens is 4. The molecule has 0 aliphatic carbocycles. The predicted molar refractivity (Wildman–Crippen MR) is 130 cm³/mol. The Bertz CT molecular complexity index is 1170. The molecule has 2 aromatic carbocycles. The molecule has 1 N–H and O–H groups in total. The van der Waals surface area contributed by atoms with E-state index in [-0.39, 0.29) is 36.7 Å². The molecule has 0 saturated carbocycles. The Morgan fingerprint density at radius 3 is 2.23 bits per heavy atom. The van der Waals surface area contributed by atoms with Gasteiger partial charge in [0.15, 0.2) is 0 Å². The van der Waals surface area contributed by atoms with Crippen LogP contribution in [-0.2, 0) is 12.7 Å². The molecule has 0 fully saturated rings. The number of amides is 1. The van der Waals surface area contributed by atoms with Gasteiger partial charge < -0.3 is 19.3 Å². The molecular formula is C26H28ClF3N2O3. The van der Waals surface area contributed by atoms with Crippen molar-refractivity contribution in [2.45, 2.75) is 33.5 Å². The lowest BCUT2D eigenvalue weighted by molar-refractivity contribution is -0.144. The summed E-state index contributed by atoms with van der Waals surface area (Å²) in [6.07, 6.45) is -5.53. The predicted octanol–water partition coefficient (Wildman–Crippen LogP) is 6.63. The fraction of sp³-hybridized carbons (Fsp3) is 0.346. The van der Waals surface area contributed by atoms with Gasteiger partial charge in [0.25, 0.3) is 0 Å². The highest BCUT2D eigenvalue weighted by molar-refractivity contribution is 6.30. The summed E-state index contributed by atoms with van der Waals surface area (Å²) < 4.78 is 49.7. The lowest BCUT2D eigenvalue weighted by atomic mass is 9.94. The van der Waals surface area contributed by atoms with Crippen molar-refractivity contribution in [2.24, 2.45) is 5.41 Å². The fourth-order valence-corrected chi connectivity index (χ4v) is 4.11. The van der Waals surface area contributed by atoms with Gasteiger partial charge in [0.05, 0.1) is 6.54 Å². The minimum absolute atomic E-state index is 0.0584. The van der Waals surface area contributed by atoms with E-state index in [2.05, 4.69) is 0 Å². The van der Waals surface area contributed by atoms with E-state index >= 15 is 0 Å². The monoisotopic (exact) mass is 508 g/mol. The molecular weight excluding hydrogens is 481 g/mol. The van der Waals surface area contributed by atoms with Gasteiger partial charge in [0.2, 0.25) is 5.88 Å². The number of aromatic nitrogens is 1. The molecule has 35 heavy (non-hydrogen) atoms. The Morgan fingerprint density at radius 2 is 1.69 bits per heavy atom. The number of hydrogen-bond acceptors (Lipinski definition) is 3. The van der Waals surface area contributed by atoms with E-state index in [4.69, 9.17) is 16.3 Å². The summed E-state index contributed by atoms with van der Waals surface area (Å²) in [7, 11) is 1.48. The van der Waals surface area contributed by atoms with Crippen molar-refractivity contribution in [1.82, 2.24) is 9.47 Å². The largest absolute Gasteiger partial charge is 0.431 e. The molecule has 3 aromatic rings. The van der Waals surface area contributed by atoms with Crippen LogP contribution in [0.4, 0.5) is 18.0 Å². The Labute approximate surface area is 207 Å². The third-order valence-corrected chi connectivity index (χ3v) is 5.88. The zero-order valence-electron chi connectivity index (χ0n) is 20.0. The number of alkyl halides is 3. The number of benzene rings is 2. The summed E-state index contributed by atoms with van der Waals surface area (Å²) in [6, 6.07) is 15.0. The third kappa shape index (κ3) is 6.18. The molecule has 3 rings (SSSR count). The van der Waals surface area contributed by atoms with Gasteiger partial charge in [0.1, 0.15) is 5.69 Å². The van der Waals surface area contributed by atoms with Gasteiger partial charge in [-0.05, 0) is 35.7 Å². The second-order valence-electron chi connectivity index (χ2n) is 9.28. The number of ether oxygens (including phenoxy) is 1. The highest BCUT2D eigenvalue weighted by Crippen LogP contribution is 2.45. The summed E-state index contributed by atoms with van der Waals surface area (Å²) in [6.45, 7) is 4.70. The average Bonchev–Trinajstić information content (AvgIpc) is 3.05. The van der Waals surface area contributed by atoms with Crippen molar-refractivity contribution in [3.05, 3.63) is 76.4 Å². The van der Waals surface area contributed by atoms with E-state index in [0.717, 1.165) is 4.57 Å². The number of carbonyl (C=O) groups is 1. The van der Waals surface area contributed by atoms with Crippen LogP contribution in [0.25, 0.3) is 11.1 Å². The van der Waals surface area contributed by atoms with Crippen molar-refractivity contribution >= 4 is 17.7 Å². The first-order valence-corrected chi connectivity index (χ1v) is 11.4. The maximum atomic E-state index is 14.3. The summed E-state index contributed by atoms with van der Waals surface area (Å²) in [5.41, 5.74) is -0.364. The standard InChI is InChI=1S/C26H28ClF3N2O3/c1-17-21(19-10-12-20(27)13-11-19)23(35-24(34)31(4)15-25(2,3)16-33)32(22(17)26(28,29)30)14-18-8-6-5-7-9-18/h5-13,33H,14-16H2,1-4H3. The first-order valence-electron chi connectivity index (χ1n) is 11.0. The lowest BCUT2D eigenvalue weighted by Crippen LogP contribution is -2.39. The minimum atomic E-state index is -4.70. The van der Waals surface area contributed by atoms with Crippen LogP contribution < -0.4 is 4.74 Å². The molecule has 9 heteroatoms. The molecule has 188 valence electrons. The molecule has 0 radical (unpaired) electrons. The number of carbonyl (C=O) groups excluding carboxylic acids is 1. The quantitative estimate of drug-likeness (QED) is 0.389. The average molecular weight is 509 g/mol. The lowest BCUT2D eigenvalue weighted by Gasteiger charge is -2.28. The van der Waals surface area contributed by atoms with Crippen LogP contribution >= 0.6 is 11.6 Å². The molecule has 0 unspecified atom stereocenters. The summed E-state index contributed by atoms with van der Waals surface area (Å²) in [5.74, 6) is -0.209. The molecule has 0 bridgehead atoms. The number of hydrogen-bond donors (Lipinski definition) is 1. The topological polar surface area (TPSA) is 54.7 Å². The van der Waals surface area contributed by atoms with E-state index < -0.39 is 23.4 Å². The minimum Gasteiger partial charge on any atom is -0.396 e. The molecule has 0 spiro atoms. The van der Waals surface area contributed by atoms with Gasteiger partial charge in [-0.15, -0.1) is 0 Å². The van der Waals surface area contributed by atoms with E-state index in [0.29, 0.717) is 16.1 Å². The molecule has 1 heterocycles. The van der Waals surface area contributed by atoms with Crippen LogP contribution in [0.15, 0.2) is 54.6 Å². The maximum Gasteiger partial charge on any atom is 0.431 e. The molecule has 0 atom stereocenters. The third-order valence-electron chi connectivity index (χ3n) is 5.63. The number of nitrogens with zero attached hydrogens (tertiary/aromatic N) is 2. The molecule has 1 amide bonds. The zero-order chi connectivity index (χ0) is 26.0. The summed E-state index contributed by atoms with van der Waals surface area (Å²) in [5, 5.41) is 9.97. The van der Waals surface area contributed by atoms with E-state index in [9.17, 15) is 23.1 Å². The van der Waals surface area contributed by atoms with Gasteiger partial charge in [-0.2, -0.15) is 13.2 Å². The van der Waals surface area contributed by atoms with Crippen molar-refractivity contribution in [2.75, 3.05) is 20.2 Å². The SMILES string of the molecule is Cc1c(-c2ccc(Cl)cc2)c(OC(=O)N(C)CC(C)(C)CO)n(Cc2ccccc2)c1C(F)(F)F. The van der Waals surface area contributed by atoms with E-state index in [1.165, 1.54) is 18.9 Å². The van der Waals surface area contributed by atoms with Crippen LogP contribution in [0, 0.1) is 12.3 Å². The second-order valence-corrected chi connectivity index (χ2v) is 9.71. The second kappa shape index (κ2) is 10.3. The van der Waals surface area contributed by atoms with Crippen LogP contribution in [-0.4, -0.2) is 40.9 Å². The molecule has 5 nitrogen and oxygen atoms in total. The first kappa shape index (κ1) is 26.6. The van der Waals surface area contributed by atoms with Crippen LogP contribution in [0.2, 0.25) is 5.02 Å². The van der Waals surface area contributed by atoms with Gasteiger partial charge in [-0.25, -0.2) is 4.79 Å². The smallest absolute Gasteiger partial charge is 0.396 e. The van der Waals surface area contributed by atoms with Crippen molar-refractivity contribution in [3.8, 4) is 17.0 Å². The van der Waals surface area contributed by atoms with Crippen LogP contribution in [0.1, 0.15) is 30.7 Å². The fourth-order valence-electron chi connectivity index (χ4n) is 3.98. The first-order chi connectivity index (χ1) is 16.3. The van der Waals surface area contributed by atoms with Gasteiger partial charge in [-0.3, -0.25) is 0 Å². The Kier molecular flexibility index (Phi) is 7.87. The van der Waals surface area contributed by atoms with Gasteiger partial charge in [-0.1, -0.05) is 67.9 Å². The highest BCUT2D eigenvalue weighted by atomic mass is 35.5. The molecule has 0 aliphatic heterocycles. The van der Waals surface area contributed by atoms with Crippen molar-refractivity contribution in [1.29, 1.82) is 0 Å². The number of aliphatic hydroxyl groups excluding tert-OH is 1. The summed E-state index contributed by atoms with van der Waals surface area (Å²) in [4.78, 5) is 14.3. The molecule has 0 saturated heterocycles. The Hall–Kier alpha value is -2.97. The number of rotatable bonds is 7. The van der Waals surface area contributed by atoms with Gasteiger partial charge in [0, 0.05) is 36.2 Å². The Balaban J connectivity index is 2.19. The molecule has 0 aliphatic rings. The maximum absolute atomic E-state index is 14.3. The van der Waals surface area contributed by atoms with E-state index in [1.54, 1.807) is 68.4 Å². The van der Waals surface area contributed by atoms with Crippen LogP contribution in [0.3, 0.4) is 0 Å². The van der Waals surface area contributed by atoms with Crippen molar-refractivity contribution in [3.63, 3.8) is 0 Å². The van der Waals surface area contributed by atoms with Crippen LogP contribution in [0.5, 0.6) is 5.88 Å². The highest BCUT2D eigenvalue weighted by Gasteiger charge is 2.41. The van der Waals surface area contributed by atoms with E-state index in [1.807, 2.05) is 0 Å².